The fourth-order valence-corrected chi connectivity index (χ4v) is 1.89. The van der Waals surface area contributed by atoms with Gasteiger partial charge in [0.25, 0.3) is 0 Å². The van der Waals surface area contributed by atoms with Gasteiger partial charge in [0, 0.05) is 25.6 Å². The van der Waals surface area contributed by atoms with Crippen molar-refractivity contribution in [2.75, 3.05) is 36.9 Å². The molecule has 1 atom stereocenters. The highest BCUT2D eigenvalue weighted by Gasteiger charge is 2.15. The zero-order valence-electron chi connectivity index (χ0n) is 10.4. The van der Waals surface area contributed by atoms with Crippen molar-refractivity contribution in [3.05, 3.63) is 5.28 Å². The molecule has 2 N–H and O–H groups in total. The second kappa shape index (κ2) is 6.70. The number of aromatic nitrogens is 3. The molecule has 1 aromatic rings. The lowest BCUT2D eigenvalue weighted by atomic mass is 10.1. The summed E-state index contributed by atoms with van der Waals surface area (Å²) in [5.74, 6) is 1.55. The molecule has 100 valence electrons. The third-order valence-electron chi connectivity index (χ3n) is 2.71. The SMILES string of the molecule is CCCNc1nc(Cl)nc(NCC2CCOC2)n1. The van der Waals surface area contributed by atoms with Gasteiger partial charge in [-0.15, -0.1) is 0 Å². The van der Waals surface area contributed by atoms with Crippen LogP contribution in [0.15, 0.2) is 0 Å². The summed E-state index contributed by atoms with van der Waals surface area (Å²) in [6, 6.07) is 0. The topological polar surface area (TPSA) is 72.0 Å². The van der Waals surface area contributed by atoms with Crippen molar-refractivity contribution in [1.82, 2.24) is 15.0 Å². The van der Waals surface area contributed by atoms with Gasteiger partial charge in [0.15, 0.2) is 0 Å². The average molecular weight is 272 g/mol. The molecule has 0 saturated carbocycles. The first-order valence-electron chi connectivity index (χ1n) is 6.25. The van der Waals surface area contributed by atoms with Crippen molar-refractivity contribution < 1.29 is 4.74 Å². The Bertz CT molecular complexity index is 384. The number of ether oxygens (including phenoxy) is 1. The largest absolute Gasteiger partial charge is 0.381 e. The third-order valence-corrected chi connectivity index (χ3v) is 2.88. The molecule has 2 rings (SSSR count). The summed E-state index contributed by atoms with van der Waals surface area (Å²) >= 11 is 5.86. The Kier molecular flexibility index (Phi) is 4.95. The molecule has 0 aliphatic carbocycles. The maximum atomic E-state index is 5.86. The number of nitrogens with zero attached hydrogens (tertiary/aromatic N) is 3. The summed E-state index contributed by atoms with van der Waals surface area (Å²) in [5.41, 5.74) is 0. The molecule has 0 spiro atoms. The lowest BCUT2D eigenvalue weighted by molar-refractivity contribution is 0.187. The first kappa shape index (κ1) is 13.3. The monoisotopic (exact) mass is 271 g/mol. The number of hydrogen-bond donors (Lipinski definition) is 2. The second-order valence-electron chi connectivity index (χ2n) is 4.29. The molecule has 18 heavy (non-hydrogen) atoms. The van der Waals surface area contributed by atoms with Crippen LogP contribution >= 0.6 is 11.6 Å². The average Bonchev–Trinajstić information content (AvgIpc) is 2.86. The van der Waals surface area contributed by atoms with Crippen molar-refractivity contribution >= 4 is 23.5 Å². The van der Waals surface area contributed by atoms with E-state index in [9.17, 15) is 0 Å². The van der Waals surface area contributed by atoms with Crippen molar-refractivity contribution in [2.24, 2.45) is 5.92 Å². The van der Waals surface area contributed by atoms with Gasteiger partial charge in [0.1, 0.15) is 0 Å². The van der Waals surface area contributed by atoms with Crippen molar-refractivity contribution in [1.29, 1.82) is 0 Å². The lowest BCUT2D eigenvalue weighted by Crippen LogP contribution is -2.17. The Morgan fingerprint density at radius 3 is 2.72 bits per heavy atom. The molecule has 6 nitrogen and oxygen atoms in total. The number of hydrogen-bond acceptors (Lipinski definition) is 6. The zero-order valence-corrected chi connectivity index (χ0v) is 11.2. The van der Waals surface area contributed by atoms with Gasteiger partial charge in [0.2, 0.25) is 17.2 Å². The van der Waals surface area contributed by atoms with Crippen molar-refractivity contribution in [2.45, 2.75) is 19.8 Å². The molecule has 1 fully saturated rings. The molecule has 0 aromatic carbocycles. The normalized spacial score (nSPS) is 18.9. The van der Waals surface area contributed by atoms with E-state index in [1.165, 1.54) is 0 Å². The highest BCUT2D eigenvalue weighted by Crippen LogP contribution is 2.14. The minimum Gasteiger partial charge on any atom is -0.381 e. The Hall–Kier alpha value is -1.14. The van der Waals surface area contributed by atoms with Gasteiger partial charge in [-0.25, -0.2) is 0 Å². The molecule has 1 unspecified atom stereocenters. The fraction of sp³-hybridized carbons (Fsp3) is 0.727. The van der Waals surface area contributed by atoms with Gasteiger partial charge in [-0.05, 0) is 24.4 Å². The maximum Gasteiger partial charge on any atom is 0.228 e. The van der Waals surface area contributed by atoms with E-state index in [1.54, 1.807) is 0 Å². The zero-order chi connectivity index (χ0) is 12.8. The van der Waals surface area contributed by atoms with Gasteiger partial charge in [-0.2, -0.15) is 15.0 Å². The molecule has 1 aliphatic rings. The minimum absolute atomic E-state index is 0.203. The van der Waals surface area contributed by atoms with Crippen LogP contribution in [0.3, 0.4) is 0 Å². The first-order chi connectivity index (χ1) is 8.78. The van der Waals surface area contributed by atoms with Crippen molar-refractivity contribution in [3.8, 4) is 0 Å². The Balaban J connectivity index is 1.91. The highest BCUT2D eigenvalue weighted by molar-refractivity contribution is 6.28. The van der Waals surface area contributed by atoms with E-state index < -0.39 is 0 Å². The van der Waals surface area contributed by atoms with Gasteiger partial charge >= 0.3 is 0 Å². The van der Waals surface area contributed by atoms with E-state index in [4.69, 9.17) is 16.3 Å². The van der Waals surface area contributed by atoms with Crippen LogP contribution in [-0.4, -0.2) is 41.3 Å². The third kappa shape index (κ3) is 3.96. The molecule has 0 amide bonds. The number of halogens is 1. The number of rotatable bonds is 6. The molecule has 7 heteroatoms. The summed E-state index contributed by atoms with van der Waals surface area (Å²) in [4.78, 5) is 12.3. The number of anilines is 2. The van der Waals surface area contributed by atoms with Crippen LogP contribution in [0.4, 0.5) is 11.9 Å². The predicted octanol–water partition coefficient (Wildman–Crippen LogP) is 1.80. The van der Waals surface area contributed by atoms with Crippen LogP contribution in [-0.2, 0) is 4.74 Å². The number of nitrogens with one attached hydrogen (secondary N) is 2. The summed E-state index contributed by atoms with van der Waals surface area (Å²) < 4.78 is 5.31. The van der Waals surface area contributed by atoms with Crippen LogP contribution in [0.25, 0.3) is 0 Å². The summed E-state index contributed by atoms with van der Waals surface area (Å²) in [7, 11) is 0. The second-order valence-corrected chi connectivity index (χ2v) is 4.63. The highest BCUT2D eigenvalue weighted by atomic mass is 35.5. The molecular weight excluding hydrogens is 254 g/mol. The van der Waals surface area contributed by atoms with E-state index in [2.05, 4.69) is 32.5 Å². The Morgan fingerprint density at radius 1 is 1.28 bits per heavy atom. The Labute approximate surface area is 112 Å². The lowest BCUT2D eigenvalue weighted by Gasteiger charge is -2.10. The Morgan fingerprint density at radius 2 is 2.06 bits per heavy atom. The smallest absolute Gasteiger partial charge is 0.228 e. The van der Waals surface area contributed by atoms with Gasteiger partial charge in [0.05, 0.1) is 6.61 Å². The summed E-state index contributed by atoms with van der Waals surface area (Å²) in [6.45, 7) is 5.33. The van der Waals surface area contributed by atoms with Gasteiger partial charge in [-0.3, -0.25) is 0 Å². The maximum absolute atomic E-state index is 5.86. The summed E-state index contributed by atoms with van der Waals surface area (Å²) in [6.07, 6.45) is 2.08. The van der Waals surface area contributed by atoms with Gasteiger partial charge < -0.3 is 15.4 Å². The van der Waals surface area contributed by atoms with E-state index >= 15 is 0 Å². The van der Waals surface area contributed by atoms with E-state index in [0.717, 1.165) is 39.1 Å². The van der Waals surface area contributed by atoms with E-state index in [0.29, 0.717) is 17.8 Å². The van der Waals surface area contributed by atoms with Gasteiger partial charge in [-0.1, -0.05) is 6.92 Å². The van der Waals surface area contributed by atoms with Crippen LogP contribution in [0, 0.1) is 5.92 Å². The molecule has 1 saturated heterocycles. The first-order valence-corrected chi connectivity index (χ1v) is 6.62. The minimum atomic E-state index is 0.203. The van der Waals surface area contributed by atoms with Crippen LogP contribution in [0.5, 0.6) is 0 Å². The molecule has 0 bridgehead atoms. The quantitative estimate of drug-likeness (QED) is 0.822. The van der Waals surface area contributed by atoms with Crippen LogP contribution in [0.2, 0.25) is 5.28 Å². The molecule has 2 heterocycles. The molecule has 0 radical (unpaired) electrons. The fourth-order valence-electron chi connectivity index (χ4n) is 1.72. The van der Waals surface area contributed by atoms with Crippen LogP contribution < -0.4 is 10.6 Å². The van der Waals surface area contributed by atoms with E-state index in [-0.39, 0.29) is 5.28 Å². The summed E-state index contributed by atoms with van der Waals surface area (Å²) in [5, 5.41) is 6.47. The van der Waals surface area contributed by atoms with Crippen molar-refractivity contribution in [3.63, 3.8) is 0 Å². The standard InChI is InChI=1S/C11H18ClN5O/c1-2-4-13-10-15-9(12)16-11(17-10)14-6-8-3-5-18-7-8/h8H,2-7H2,1H3,(H2,13,14,15,16,17). The van der Waals surface area contributed by atoms with E-state index in [1.807, 2.05) is 0 Å². The molecule has 1 aliphatic heterocycles. The molecular formula is C11H18ClN5O. The predicted molar refractivity (Wildman–Crippen MR) is 71.0 cm³/mol. The molecule has 1 aromatic heterocycles. The van der Waals surface area contributed by atoms with Crippen LogP contribution in [0.1, 0.15) is 19.8 Å².